The Kier molecular flexibility index (Phi) is 9.62. The summed E-state index contributed by atoms with van der Waals surface area (Å²) in [6.07, 6.45) is 4.63. The van der Waals surface area contributed by atoms with Crippen molar-refractivity contribution in [2.24, 2.45) is 10.9 Å². The summed E-state index contributed by atoms with van der Waals surface area (Å²) >= 11 is 0. The number of amides is 1. The zero-order valence-corrected chi connectivity index (χ0v) is 14.3. The van der Waals surface area contributed by atoms with Gasteiger partial charge in [0.2, 0.25) is 5.91 Å². The van der Waals surface area contributed by atoms with E-state index in [9.17, 15) is 4.79 Å². The second kappa shape index (κ2) is 11.3. The number of aliphatic imine (C=N–C) groups is 1. The molecule has 0 aromatic carbocycles. The second-order valence-corrected chi connectivity index (χ2v) is 6.19. The molecule has 0 aromatic heterocycles. The molecule has 1 amide bonds. The molecular weight excluding hydrogens is 280 g/mol. The van der Waals surface area contributed by atoms with Gasteiger partial charge in [-0.05, 0) is 31.6 Å². The fourth-order valence-corrected chi connectivity index (χ4v) is 1.90. The quantitative estimate of drug-likeness (QED) is 0.305. The fourth-order valence-electron chi connectivity index (χ4n) is 1.90. The van der Waals surface area contributed by atoms with Crippen molar-refractivity contribution in [3.63, 3.8) is 0 Å². The van der Waals surface area contributed by atoms with Gasteiger partial charge < -0.3 is 20.7 Å². The van der Waals surface area contributed by atoms with Crippen molar-refractivity contribution in [3.8, 4) is 0 Å². The molecule has 0 heterocycles. The van der Waals surface area contributed by atoms with Gasteiger partial charge in [-0.1, -0.05) is 13.8 Å². The van der Waals surface area contributed by atoms with Crippen LogP contribution in [0.4, 0.5) is 0 Å². The highest BCUT2D eigenvalue weighted by atomic mass is 16.5. The number of carbonyl (C=O) groups excluding carboxylic acids is 1. The van der Waals surface area contributed by atoms with E-state index in [-0.39, 0.29) is 5.91 Å². The molecule has 1 fully saturated rings. The smallest absolute Gasteiger partial charge is 0.220 e. The zero-order valence-electron chi connectivity index (χ0n) is 14.3. The van der Waals surface area contributed by atoms with E-state index < -0.39 is 0 Å². The molecule has 3 N–H and O–H groups in total. The van der Waals surface area contributed by atoms with Gasteiger partial charge in [0.15, 0.2) is 5.96 Å². The van der Waals surface area contributed by atoms with Crippen LogP contribution in [0.15, 0.2) is 4.99 Å². The van der Waals surface area contributed by atoms with Crippen molar-refractivity contribution in [1.29, 1.82) is 0 Å². The summed E-state index contributed by atoms with van der Waals surface area (Å²) in [7, 11) is 1.75. The zero-order chi connectivity index (χ0) is 16.2. The molecule has 1 aliphatic rings. The van der Waals surface area contributed by atoms with Crippen molar-refractivity contribution in [2.45, 2.75) is 52.0 Å². The molecular formula is C16H32N4O2. The van der Waals surface area contributed by atoms with E-state index in [0.717, 1.165) is 57.9 Å². The first kappa shape index (κ1) is 18.7. The molecule has 1 aliphatic carbocycles. The molecule has 0 atom stereocenters. The van der Waals surface area contributed by atoms with Gasteiger partial charge in [-0.2, -0.15) is 0 Å². The molecule has 0 radical (unpaired) electrons. The van der Waals surface area contributed by atoms with Crippen LogP contribution in [0.5, 0.6) is 0 Å². The molecule has 6 heteroatoms. The van der Waals surface area contributed by atoms with Gasteiger partial charge in [-0.15, -0.1) is 0 Å². The predicted octanol–water partition coefficient (Wildman–Crippen LogP) is 1.27. The lowest BCUT2D eigenvalue weighted by Crippen LogP contribution is -2.38. The normalized spacial score (nSPS) is 15.0. The summed E-state index contributed by atoms with van der Waals surface area (Å²) in [6, 6.07) is 0.452. The van der Waals surface area contributed by atoms with Gasteiger partial charge in [0, 0.05) is 45.8 Å². The van der Waals surface area contributed by atoms with E-state index in [1.807, 2.05) is 0 Å². The summed E-state index contributed by atoms with van der Waals surface area (Å²) < 4.78 is 5.53. The van der Waals surface area contributed by atoms with Crippen molar-refractivity contribution < 1.29 is 9.53 Å². The van der Waals surface area contributed by atoms with Crippen LogP contribution in [0.3, 0.4) is 0 Å². The van der Waals surface area contributed by atoms with Crippen molar-refractivity contribution in [1.82, 2.24) is 16.0 Å². The maximum absolute atomic E-state index is 11.5. The molecule has 0 unspecified atom stereocenters. The minimum atomic E-state index is 0.162. The van der Waals surface area contributed by atoms with E-state index in [0.29, 0.717) is 18.4 Å². The van der Waals surface area contributed by atoms with Gasteiger partial charge in [0.05, 0.1) is 0 Å². The van der Waals surface area contributed by atoms with Crippen LogP contribution in [0.25, 0.3) is 0 Å². The summed E-state index contributed by atoms with van der Waals surface area (Å²) in [4.78, 5) is 15.7. The molecule has 0 saturated heterocycles. The van der Waals surface area contributed by atoms with Crippen LogP contribution in [-0.2, 0) is 9.53 Å². The average Bonchev–Trinajstić information content (AvgIpc) is 3.28. The first-order valence-electron chi connectivity index (χ1n) is 8.43. The lowest BCUT2D eigenvalue weighted by Gasteiger charge is -2.12. The number of ether oxygens (including phenoxy) is 1. The summed E-state index contributed by atoms with van der Waals surface area (Å²) in [5.41, 5.74) is 0. The van der Waals surface area contributed by atoms with Crippen molar-refractivity contribution in [3.05, 3.63) is 0 Å². The Morgan fingerprint density at radius 2 is 1.91 bits per heavy atom. The second-order valence-electron chi connectivity index (χ2n) is 6.19. The maximum Gasteiger partial charge on any atom is 0.220 e. The first-order chi connectivity index (χ1) is 10.6. The molecule has 128 valence electrons. The molecule has 0 aromatic rings. The van der Waals surface area contributed by atoms with Crippen LogP contribution >= 0.6 is 0 Å². The van der Waals surface area contributed by atoms with E-state index in [4.69, 9.17) is 4.74 Å². The average molecular weight is 312 g/mol. The minimum absolute atomic E-state index is 0.162. The molecule has 22 heavy (non-hydrogen) atoms. The highest BCUT2D eigenvalue weighted by molar-refractivity contribution is 5.79. The number of guanidine groups is 1. The SMILES string of the molecule is CN=C(NCCCOCC(C)C)NCCCC(=O)NC1CC1. The monoisotopic (exact) mass is 312 g/mol. The molecule has 6 nitrogen and oxygen atoms in total. The van der Waals surface area contributed by atoms with Gasteiger partial charge in [-0.3, -0.25) is 9.79 Å². The van der Waals surface area contributed by atoms with E-state index in [1.54, 1.807) is 7.05 Å². The molecule has 0 aliphatic heterocycles. The fraction of sp³-hybridized carbons (Fsp3) is 0.875. The Morgan fingerprint density at radius 1 is 1.23 bits per heavy atom. The van der Waals surface area contributed by atoms with Crippen LogP contribution in [0.2, 0.25) is 0 Å². The summed E-state index contributed by atoms with van der Waals surface area (Å²) in [5, 5.41) is 9.46. The van der Waals surface area contributed by atoms with E-state index in [1.165, 1.54) is 0 Å². The third kappa shape index (κ3) is 10.4. The van der Waals surface area contributed by atoms with Gasteiger partial charge in [-0.25, -0.2) is 0 Å². The number of nitrogens with one attached hydrogen (secondary N) is 3. The maximum atomic E-state index is 11.5. The van der Waals surface area contributed by atoms with Gasteiger partial charge in [0.1, 0.15) is 0 Å². The van der Waals surface area contributed by atoms with Crippen molar-refractivity contribution >= 4 is 11.9 Å². The lowest BCUT2D eigenvalue weighted by molar-refractivity contribution is -0.121. The largest absolute Gasteiger partial charge is 0.381 e. The topological polar surface area (TPSA) is 74.8 Å². The Labute approximate surface area is 134 Å². The summed E-state index contributed by atoms with van der Waals surface area (Å²) in [6.45, 7) is 7.46. The van der Waals surface area contributed by atoms with Crippen LogP contribution < -0.4 is 16.0 Å². The Bertz CT molecular complexity index is 341. The molecule has 1 rings (SSSR count). The summed E-state index contributed by atoms with van der Waals surface area (Å²) in [5.74, 6) is 1.53. The number of nitrogens with zero attached hydrogens (tertiary/aromatic N) is 1. The van der Waals surface area contributed by atoms with E-state index in [2.05, 4.69) is 34.8 Å². The van der Waals surface area contributed by atoms with Crippen LogP contribution in [-0.4, -0.2) is 51.3 Å². The van der Waals surface area contributed by atoms with Crippen molar-refractivity contribution in [2.75, 3.05) is 33.4 Å². The number of hydrogen-bond donors (Lipinski definition) is 3. The van der Waals surface area contributed by atoms with Gasteiger partial charge >= 0.3 is 0 Å². The predicted molar refractivity (Wildman–Crippen MR) is 90.0 cm³/mol. The standard InChI is InChI=1S/C16H32N4O2/c1-13(2)12-22-11-5-10-19-16(17-3)18-9-4-6-15(21)20-14-7-8-14/h13-14H,4-12H2,1-3H3,(H,20,21)(H2,17,18,19). The molecule has 1 saturated carbocycles. The molecule has 0 spiro atoms. The number of carbonyl (C=O) groups is 1. The van der Waals surface area contributed by atoms with Gasteiger partial charge in [0.25, 0.3) is 0 Å². The van der Waals surface area contributed by atoms with Crippen LogP contribution in [0.1, 0.15) is 46.0 Å². The minimum Gasteiger partial charge on any atom is -0.381 e. The molecule has 0 bridgehead atoms. The first-order valence-corrected chi connectivity index (χ1v) is 8.43. The van der Waals surface area contributed by atoms with Crippen LogP contribution in [0, 0.1) is 5.92 Å². The number of hydrogen-bond acceptors (Lipinski definition) is 3. The Hall–Kier alpha value is -1.30. The third-order valence-electron chi connectivity index (χ3n) is 3.25. The Balaban J connectivity index is 1.94. The highest BCUT2D eigenvalue weighted by Gasteiger charge is 2.22. The Morgan fingerprint density at radius 3 is 2.50 bits per heavy atom. The third-order valence-corrected chi connectivity index (χ3v) is 3.25. The number of rotatable bonds is 11. The highest BCUT2D eigenvalue weighted by Crippen LogP contribution is 2.18. The van der Waals surface area contributed by atoms with E-state index >= 15 is 0 Å². The lowest BCUT2D eigenvalue weighted by atomic mass is 10.2.